The topological polar surface area (TPSA) is 51.2 Å². The van der Waals surface area contributed by atoms with Crippen molar-refractivity contribution in [2.75, 3.05) is 13.7 Å². The number of nitrogens with one attached hydrogen (secondary N) is 1. The number of ether oxygens (including phenoxy) is 1. The molecule has 0 aliphatic heterocycles. The molecule has 1 atom stereocenters. The molecule has 0 spiro atoms. The quantitative estimate of drug-likeness (QED) is 0.823. The molecule has 1 fully saturated rings. The normalized spacial score (nSPS) is 17.1. The molecule has 1 aromatic rings. The SMILES string of the molecule is COC(=O)C(NCC1CC1)c1ncc(Cl)s1. The van der Waals surface area contributed by atoms with Gasteiger partial charge in [0.15, 0.2) is 6.04 Å². The van der Waals surface area contributed by atoms with Crippen LogP contribution in [0.4, 0.5) is 0 Å². The number of esters is 1. The monoisotopic (exact) mass is 260 g/mol. The maximum absolute atomic E-state index is 11.6. The van der Waals surface area contributed by atoms with Gasteiger partial charge in [-0.3, -0.25) is 5.32 Å². The highest BCUT2D eigenvalue weighted by atomic mass is 35.5. The summed E-state index contributed by atoms with van der Waals surface area (Å²) in [6.07, 6.45) is 4.02. The molecule has 1 aromatic heterocycles. The van der Waals surface area contributed by atoms with Crippen LogP contribution in [0.25, 0.3) is 0 Å². The number of nitrogens with zero attached hydrogens (tertiary/aromatic N) is 1. The largest absolute Gasteiger partial charge is 0.468 e. The summed E-state index contributed by atoms with van der Waals surface area (Å²) in [7, 11) is 1.38. The number of carbonyl (C=O) groups is 1. The lowest BCUT2D eigenvalue weighted by atomic mass is 10.3. The predicted octanol–water partition coefficient (Wildman–Crippen LogP) is 2.01. The molecule has 1 unspecified atom stereocenters. The number of aromatic nitrogens is 1. The first kappa shape index (κ1) is 11.8. The second-order valence-corrected chi connectivity index (χ2v) is 5.50. The van der Waals surface area contributed by atoms with Crippen LogP contribution in [-0.4, -0.2) is 24.6 Å². The van der Waals surface area contributed by atoms with E-state index in [0.29, 0.717) is 15.3 Å². The van der Waals surface area contributed by atoms with E-state index in [0.717, 1.165) is 6.54 Å². The molecule has 0 saturated heterocycles. The van der Waals surface area contributed by atoms with E-state index in [1.54, 1.807) is 6.20 Å². The Morgan fingerprint density at radius 1 is 1.81 bits per heavy atom. The molecule has 6 heteroatoms. The zero-order valence-corrected chi connectivity index (χ0v) is 10.5. The van der Waals surface area contributed by atoms with Crippen LogP contribution in [-0.2, 0) is 9.53 Å². The molecule has 88 valence electrons. The van der Waals surface area contributed by atoms with Crippen molar-refractivity contribution in [3.8, 4) is 0 Å². The van der Waals surface area contributed by atoms with Crippen LogP contribution in [0.1, 0.15) is 23.9 Å². The molecular weight excluding hydrogens is 248 g/mol. The van der Waals surface area contributed by atoms with Crippen LogP contribution in [0.5, 0.6) is 0 Å². The third kappa shape index (κ3) is 2.93. The smallest absolute Gasteiger partial charge is 0.330 e. The van der Waals surface area contributed by atoms with Gasteiger partial charge in [-0.2, -0.15) is 0 Å². The number of rotatable bonds is 5. The Labute approximate surface area is 103 Å². The first-order chi connectivity index (χ1) is 7.70. The molecule has 0 radical (unpaired) electrons. The Bertz CT molecular complexity index is 379. The zero-order chi connectivity index (χ0) is 11.5. The van der Waals surface area contributed by atoms with E-state index in [1.165, 1.54) is 31.3 Å². The minimum atomic E-state index is -0.483. The van der Waals surface area contributed by atoms with Gasteiger partial charge in [-0.15, -0.1) is 11.3 Å². The third-order valence-electron chi connectivity index (χ3n) is 2.49. The van der Waals surface area contributed by atoms with Gasteiger partial charge in [0.2, 0.25) is 0 Å². The van der Waals surface area contributed by atoms with Gasteiger partial charge in [0.05, 0.1) is 13.3 Å². The zero-order valence-electron chi connectivity index (χ0n) is 8.90. The lowest BCUT2D eigenvalue weighted by Crippen LogP contribution is -2.31. The molecule has 1 aliphatic carbocycles. The van der Waals surface area contributed by atoms with Crippen LogP contribution in [0.3, 0.4) is 0 Å². The van der Waals surface area contributed by atoms with E-state index >= 15 is 0 Å². The van der Waals surface area contributed by atoms with Crippen LogP contribution in [0.2, 0.25) is 4.34 Å². The van der Waals surface area contributed by atoms with Gasteiger partial charge in [0.1, 0.15) is 9.34 Å². The van der Waals surface area contributed by atoms with E-state index in [1.807, 2.05) is 0 Å². The minimum absolute atomic E-state index is 0.313. The van der Waals surface area contributed by atoms with Crippen molar-refractivity contribution in [3.05, 3.63) is 15.5 Å². The van der Waals surface area contributed by atoms with Gasteiger partial charge < -0.3 is 4.74 Å². The summed E-state index contributed by atoms with van der Waals surface area (Å²) in [5, 5.41) is 3.84. The van der Waals surface area contributed by atoms with Crippen LogP contribution in [0, 0.1) is 5.92 Å². The second kappa shape index (κ2) is 5.12. The average Bonchev–Trinajstić information content (AvgIpc) is 3.01. The maximum atomic E-state index is 11.6. The van der Waals surface area contributed by atoms with E-state index in [-0.39, 0.29) is 5.97 Å². The summed E-state index contributed by atoms with van der Waals surface area (Å²) < 4.78 is 5.33. The molecule has 0 aromatic carbocycles. The van der Waals surface area contributed by atoms with Crippen molar-refractivity contribution in [2.45, 2.75) is 18.9 Å². The Morgan fingerprint density at radius 3 is 3.06 bits per heavy atom. The Hall–Kier alpha value is -0.650. The van der Waals surface area contributed by atoms with E-state index in [4.69, 9.17) is 16.3 Å². The fourth-order valence-electron chi connectivity index (χ4n) is 1.40. The fraction of sp³-hybridized carbons (Fsp3) is 0.600. The number of hydrogen-bond acceptors (Lipinski definition) is 5. The predicted molar refractivity (Wildman–Crippen MR) is 62.6 cm³/mol. The van der Waals surface area contributed by atoms with Crippen molar-refractivity contribution in [1.82, 2.24) is 10.3 Å². The molecule has 1 N–H and O–H groups in total. The summed E-state index contributed by atoms with van der Waals surface area (Å²) in [5.41, 5.74) is 0. The lowest BCUT2D eigenvalue weighted by Gasteiger charge is -2.13. The van der Waals surface area contributed by atoms with Gasteiger partial charge in [0, 0.05) is 0 Å². The second-order valence-electron chi connectivity index (χ2n) is 3.81. The summed E-state index contributed by atoms with van der Waals surface area (Å²) >= 11 is 7.11. The standard InChI is InChI=1S/C10H13ClN2O2S/c1-15-10(14)8(12-4-6-2-3-6)9-13-5-7(11)16-9/h5-6,8,12H,2-4H2,1H3. The Balaban J connectivity index is 2.03. The first-order valence-corrected chi connectivity index (χ1v) is 6.32. The summed E-state index contributed by atoms with van der Waals surface area (Å²) in [6.45, 7) is 0.830. The van der Waals surface area contributed by atoms with Gasteiger partial charge in [-0.1, -0.05) is 11.6 Å². The van der Waals surface area contributed by atoms with Crippen molar-refractivity contribution in [2.24, 2.45) is 5.92 Å². The summed E-state index contributed by atoms with van der Waals surface area (Å²) in [4.78, 5) is 15.7. The minimum Gasteiger partial charge on any atom is -0.468 e. The van der Waals surface area contributed by atoms with E-state index < -0.39 is 6.04 Å². The molecule has 16 heavy (non-hydrogen) atoms. The van der Waals surface area contributed by atoms with Crippen molar-refractivity contribution >= 4 is 28.9 Å². The van der Waals surface area contributed by atoms with Crippen molar-refractivity contribution < 1.29 is 9.53 Å². The highest BCUT2D eigenvalue weighted by Crippen LogP contribution is 2.30. The molecule has 1 heterocycles. The molecule has 4 nitrogen and oxygen atoms in total. The lowest BCUT2D eigenvalue weighted by molar-refractivity contribution is -0.143. The Kier molecular flexibility index (Phi) is 3.78. The maximum Gasteiger partial charge on any atom is 0.330 e. The number of methoxy groups -OCH3 is 1. The molecule has 0 bridgehead atoms. The number of carbonyl (C=O) groups excluding carboxylic acids is 1. The molecule has 1 saturated carbocycles. The summed E-state index contributed by atoms with van der Waals surface area (Å²) in [6, 6.07) is -0.483. The van der Waals surface area contributed by atoms with Crippen LogP contribution >= 0.6 is 22.9 Å². The first-order valence-electron chi connectivity index (χ1n) is 5.13. The average molecular weight is 261 g/mol. The molecule has 2 rings (SSSR count). The molecular formula is C10H13ClN2O2S. The number of hydrogen-bond donors (Lipinski definition) is 1. The van der Waals surface area contributed by atoms with E-state index in [9.17, 15) is 4.79 Å². The molecule has 1 aliphatic rings. The Morgan fingerprint density at radius 2 is 2.56 bits per heavy atom. The van der Waals surface area contributed by atoms with Gasteiger partial charge in [-0.25, -0.2) is 9.78 Å². The summed E-state index contributed by atoms with van der Waals surface area (Å²) in [5.74, 6) is 0.384. The van der Waals surface area contributed by atoms with Gasteiger partial charge in [-0.05, 0) is 25.3 Å². The number of halogens is 1. The van der Waals surface area contributed by atoms with Crippen molar-refractivity contribution in [3.63, 3.8) is 0 Å². The highest BCUT2D eigenvalue weighted by molar-refractivity contribution is 7.16. The van der Waals surface area contributed by atoms with Crippen LogP contribution in [0.15, 0.2) is 6.20 Å². The fourth-order valence-corrected chi connectivity index (χ4v) is 2.39. The van der Waals surface area contributed by atoms with Crippen LogP contribution < -0.4 is 5.32 Å². The third-order valence-corrected chi connectivity index (χ3v) is 3.67. The number of thiazole rings is 1. The highest BCUT2D eigenvalue weighted by Gasteiger charge is 2.28. The van der Waals surface area contributed by atoms with E-state index in [2.05, 4.69) is 10.3 Å². The van der Waals surface area contributed by atoms with Crippen molar-refractivity contribution in [1.29, 1.82) is 0 Å². The van der Waals surface area contributed by atoms with Gasteiger partial charge in [0.25, 0.3) is 0 Å². The molecule has 0 amide bonds. The van der Waals surface area contributed by atoms with Gasteiger partial charge >= 0.3 is 5.97 Å².